The van der Waals surface area contributed by atoms with E-state index in [1.165, 1.54) is 0 Å². The molecule has 1 unspecified atom stereocenters. The van der Waals surface area contributed by atoms with E-state index in [2.05, 4.69) is 27.7 Å². The maximum Gasteiger partial charge on any atom is 0.129 e. The number of rotatable bonds is 2. The summed E-state index contributed by atoms with van der Waals surface area (Å²) in [4.78, 5) is 0. The van der Waals surface area contributed by atoms with Crippen LogP contribution in [0.2, 0.25) is 0 Å². The molecule has 0 aliphatic heterocycles. The molecule has 0 bridgehead atoms. The van der Waals surface area contributed by atoms with Gasteiger partial charge < -0.3 is 5.11 Å². The third-order valence-electron chi connectivity index (χ3n) is 5.25. The molecule has 2 rings (SSSR count). The summed E-state index contributed by atoms with van der Waals surface area (Å²) in [6.45, 7) is 12.2. The summed E-state index contributed by atoms with van der Waals surface area (Å²) in [5.74, 6) is 0.0644. The van der Waals surface area contributed by atoms with E-state index in [1.807, 2.05) is 0 Å². The van der Waals surface area contributed by atoms with E-state index in [0.717, 1.165) is 5.56 Å². The zero-order chi connectivity index (χ0) is 13.9. The molecule has 1 fully saturated rings. The minimum absolute atomic E-state index is 0.128. The Kier molecular flexibility index (Phi) is 2.86. The van der Waals surface area contributed by atoms with Gasteiger partial charge >= 0.3 is 0 Å². The van der Waals surface area contributed by atoms with Gasteiger partial charge in [-0.25, -0.2) is 4.39 Å². The normalized spacial score (nSPS) is 22.9. The number of hydrogen-bond acceptors (Lipinski definition) is 1. The first-order valence-corrected chi connectivity index (χ1v) is 6.55. The second-order valence-electron chi connectivity index (χ2n) is 6.83. The number of benzene rings is 1. The standard InChI is InChI=1S/C16H23FO/c1-9-7-11(8-10(2)12(9)17)13(18)14-15(3,4)16(14,5)6/h7-8,13-14,18H,1-6H3. The Hall–Kier alpha value is -0.890. The van der Waals surface area contributed by atoms with Crippen molar-refractivity contribution >= 4 is 0 Å². The molecule has 18 heavy (non-hydrogen) atoms. The smallest absolute Gasteiger partial charge is 0.129 e. The minimum atomic E-state index is -0.506. The summed E-state index contributed by atoms with van der Waals surface area (Å²) < 4.78 is 13.6. The summed E-state index contributed by atoms with van der Waals surface area (Å²) in [6.07, 6.45) is -0.506. The summed E-state index contributed by atoms with van der Waals surface area (Å²) in [5, 5.41) is 10.5. The molecule has 1 aliphatic rings. The Morgan fingerprint density at radius 1 is 1.06 bits per heavy atom. The molecule has 2 heteroatoms. The van der Waals surface area contributed by atoms with E-state index in [9.17, 15) is 9.50 Å². The fraction of sp³-hybridized carbons (Fsp3) is 0.625. The van der Waals surface area contributed by atoms with Gasteiger partial charge in [0.1, 0.15) is 5.82 Å². The average molecular weight is 250 g/mol. The van der Waals surface area contributed by atoms with Crippen molar-refractivity contribution in [2.45, 2.75) is 47.6 Å². The fourth-order valence-electron chi connectivity index (χ4n) is 3.38. The van der Waals surface area contributed by atoms with Gasteiger partial charge in [-0.15, -0.1) is 0 Å². The van der Waals surface area contributed by atoms with Gasteiger partial charge in [0.2, 0.25) is 0 Å². The molecule has 1 nitrogen and oxygen atoms in total. The second kappa shape index (κ2) is 3.80. The van der Waals surface area contributed by atoms with Crippen molar-refractivity contribution in [1.82, 2.24) is 0 Å². The SMILES string of the molecule is Cc1cc(C(O)C2C(C)(C)C2(C)C)cc(C)c1F. The van der Waals surface area contributed by atoms with E-state index < -0.39 is 6.10 Å². The molecule has 0 radical (unpaired) electrons. The number of halogens is 1. The summed E-state index contributed by atoms with van der Waals surface area (Å²) in [5.41, 5.74) is 2.32. The first kappa shape index (κ1) is 13.5. The highest BCUT2D eigenvalue weighted by atomic mass is 19.1. The molecule has 1 aliphatic carbocycles. The lowest BCUT2D eigenvalue weighted by Crippen LogP contribution is -2.07. The molecule has 0 spiro atoms. The zero-order valence-corrected chi connectivity index (χ0v) is 12.1. The largest absolute Gasteiger partial charge is 0.388 e. The van der Waals surface area contributed by atoms with Gasteiger partial charge in [-0.3, -0.25) is 0 Å². The quantitative estimate of drug-likeness (QED) is 0.835. The third-order valence-corrected chi connectivity index (χ3v) is 5.25. The summed E-state index contributed by atoms with van der Waals surface area (Å²) in [6, 6.07) is 3.55. The monoisotopic (exact) mass is 250 g/mol. The van der Waals surface area contributed by atoms with Crippen LogP contribution < -0.4 is 0 Å². The molecular formula is C16H23FO. The van der Waals surface area contributed by atoms with Crippen LogP contribution in [0.25, 0.3) is 0 Å². The van der Waals surface area contributed by atoms with Gasteiger partial charge in [0, 0.05) is 5.92 Å². The lowest BCUT2D eigenvalue weighted by Gasteiger charge is -2.15. The average Bonchev–Trinajstić information content (AvgIpc) is 2.64. The van der Waals surface area contributed by atoms with Crippen LogP contribution in [0.5, 0.6) is 0 Å². The van der Waals surface area contributed by atoms with Crippen LogP contribution in [0.15, 0.2) is 12.1 Å². The number of aryl methyl sites for hydroxylation is 2. The maximum absolute atomic E-state index is 13.6. The predicted molar refractivity (Wildman–Crippen MR) is 71.9 cm³/mol. The Labute approximate surface area is 109 Å². The fourth-order valence-corrected chi connectivity index (χ4v) is 3.38. The molecule has 0 heterocycles. The third kappa shape index (κ3) is 1.70. The highest BCUT2D eigenvalue weighted by Crippen LogP contribution is 2.72. The topological polar surface area (TPSA) is 20.2 Å². The van der Waals surface area contributed by atoms with Crippen molar-refractivity contribution in [3.63, 3.8) is 0 Å². The summed E-state index contributed by atoms with van der Waals surface area (Å²) in [7, 11) is 0. The van der Waals surface area contributed by atoms with Gasteiger partial charge in [-0.05, 0) is 41.4 Å². The maximum atomic E-state index is 13.6. The van der Waals surface area contributed by atoms with E-state index in [0.29, 0.717) is 11.1 Å². The van der Waals surface area contributed by atoms with E-state index in [1.54, 1.807) is 26.0 Å². The molecular weight excluding hydrogens is 227 g/mol. The highest BCUT2D eigenvalue weighted by Gasteiger charge is 2.67. The van der Waals surface area contributed by atoms with Crippen molar-refractivity contribution in [1.29, 1.82) is 0 Å². The van der Waals surface area contributed by atoms with Crippen LogP contribution in [0.3, 0.4) is 0 Å². The Morgan fingerprint density at radius 2 is 1.44 bits per heavy atom. The first-order chi connectivity index (χ1) is 8.10. The molecule has 0 amide bonds. The van der Waals surface area contributed by atoms with Gasteiger partial charge in [0.15, 0.2) is 0 Å². The zero-order valence-electron chi connectivity index (χ0n) is 12.1. The van der Waals surface area contributed by atoms with Crippen LogP contribution in [0.1, 0.15) is 50.5 Å². The van der Waals surface area contributed by atoms with Gasteiger partial charge in [-0.1, -0.05) is 39.8 Å². The Morgan fingerprint density at radius 3 is 1.78 bits per heavy atom. The lowest BCUT2D eigenvalue weighted by atomic mass is 9.96. The summed E-state index contributed by atoms with van der Waals surface area (Å²) >= 11 is 0. The number of hydrogen-bond donors (Lipinski definition) is 1. The second-order valence-corrected chi connectivity index (χ2v) is 6.83. The molecule has 1 N–H and O–H groups in total. The molecule has 1 atom stereocenters. The van der Waals surface area contributed by atoms with E-state index in [-0.39, 0.29) is 22.6 Å². The molecule has 0 saturated heterocycles. The van der Waals surface area contributed by atoms with Crippen molar-refractivity contribution in [3.05, 3.63) is 34.6 Å². The number of aliphatic hydroxyl groups excluding tert-OH is 1. The van der Waals surface area contributed by atoms with Gasteiger partial charge in [-0.2, -0.15) is 0 Å². The molecule has 1 aromatic rings. The lowest BCUT2D eigenvalue weighted by molar-refractivity contribution is 0.130. The Bertz CT molecular complexity index is 451. The van der Waals surface area contributed by atoms with E-state index >= 15 is 0 Å². The first-order valence-electron chi connectivity index (χ1n) is 6.55. The predicted octanol–water partition coefficient (Wildman–Crippen LogP) is 4.16. The van der Waals surface area contributed by atoms with Crippen LogP contribution in [-0.4, -0.2) is 5.11 Å². The molecule has 100 valence electrons. The minimum Gasteiger partial charge on any atom is -0.388 e. The van der Waals surface area contributed by atoms with Gasteiger partial charge in [0.05, 0.1) is 6.10 Å². The van der Waals surface area contributed by atoms with Crippen LogP contribution in [0.4, 0.5) is 4.39 Å². The van der Waals surface area contributed by atoms with Crippen molar-refractivity contribution in [2.24, 2.45) is 16.7 Å². The van der Waals surface area contributed by atoms with Crippen LogP contribution in [0, 0.1) is 36.4 Å². The molecule has 1 aromatic carbocycles. The molecule has 0 aromatic heterocycles. The van der Waals surface area contributed by atoms with Crippen molar-refractivity contribution < 1.29 is 9.50 Å². The van der Waals surface area contributed by atoms with Crippen molar-refractivity contribution in [2.75, 3.05) is 0 Å². The number of aliphatic hydroxyl groups is 1. The van der Waals surface area contributed by atoms with Crippen LogP contribution >= 0.6 is 0 Å². The highest BCUT2D eigenvalue weighted by molar-refractivity contribution is 5.34. The van der Waals surface area contributed by atoms with Crippen LogP contribution in [-0.2, 0) is 0 Å². The van der Waals surface area contributed by atoms with Crippen molar-refractivity contribution in [3.8, 4) is 0 Å². The Balaban J connectivity index is 2.35. The molecule has 1 saturated carbocycles. The van der Waals surface area contributed by atoms with E-state index in [4.69, 9.17) is 0 Å². The van der Waals surface area contributed by atoms with Gasteiger partial charge in [0.25, 0.3) is 0 Å².